The predicted octanol–water partition coefficient (Wildman–Crippen LogP) is -0.580. The van der Waals surface area contributed by atoms with Crippen LogP contribution >= 0.6 is 0 Å². The Bertz CT molecular complexity index is 601. The molecule has 0 aromatic heterocycles. The molecule has 6 heteroatoms. The minimum atomic E-state index is -0.293. The molecule has 0 radical (unpaired) electrons. The Morgan fingerprint density at radius 2 is 1.65 bits per heavy atom. The summed E-state index contributed by atoms with van der Waals surface area (Å²) in [5.41, 5.74) is 0.871. The zero-order valence-corrected chi connectivity index (χ0v) is 13.4. The fourth-order valence-electron chi connectivity index (χ4n) is 3.23. The van der Waals surface area contributed by atoms with Crippen LogP contribution in [0.15, 0.2) is 24.3 Å². The number of quaternary nitrogens is 1. The van der Waals surface area contributed by atoms with E-state index < -0.39 is 0 Å². The fraction of sp³-hybridized carbons (Fsp3) is 0.471. The van der Waals surface area contributed by atoms with E-state index in [-0.39, 0.29) is 30.7 Å². The molecule has 1 aromatic rings. The summed E-state index contributed by atoms with van der Waals surface area (Å²) < 4.78 is 0. The minimum Gasteiger partial charge on any atom is -0.332 e. The van der Waals surface area contributed by atoms with E-state index in [9.17, 15) is 14.4 Å². The average Bonchev–Trinajstić information content (AvgIpc) is 2.84. The molecule has 1 fully saturated rings. The molecule has 0 unspecified atom stereocenters. The molecule has 0 saturated carbocycles. The third-order valence-corrected chi connectivity index (χ3v) is 4.75. The lowest BCUT2D eigenvalue weighted by Gasteiger charge is -2.32. The maximum absolute atomic E-state index is 12.3. The maximum atomic E-state index is 12.3. The fourth-order valence-corrected chi connectivity index (χ4v) is 3.23. The van der Waals surface area contributed by atoms with Crippen molar-refractivity contribution in [2.45, 2.75) is 13.3 Å². The number of piperazine rings is 1. The van der Waals surface area contributed by atoms with E-state index in [1.165, 1.54) is 9.80 Å². The predicted molar refractivity (Wildman–Crippen MR) is 84.2 cm³/mol. The van der Waals surface area contributed by atoms with Crippen molar-refractivity contribution in [3.05, 3.63) is 35.4 Å². The molecule has 0 spiro atoms. The summed E-state index contributed by atoms with van der Waals surface area (Å²) in [6.07, 6.45) is 0.201. The summed E-state index contributed by atoms with van der Waals surface area (Å²) in [7, 11) is 0. The molecular formula is C17H22N3O3+. The van der Waals surface area contributed by atoms with Crippen LogP contribution in [-0.4, -0.2) is 66.8 Å². The molecule has 6 nitrogen and oxygen atoms in total. The lowest BCUT2D eigenvalue weighted by Crippen LogP contribution is -3.14. The van der Waals surface area contributed by atoms with Gasteiger partial charge in [0.1, 0.15) is 0 Å². The average molecular weight is 316 g/mol. The van der Waals surface area contributed by atoms with Gasteiger partial charge in [-0.1, -0.05) is 12.1 Å². The van der Waals surface area contributed by atoms with Crippen LogP contribution in [-0.2, 0) is 4.79 Å². The normalized spacial score (nSPS) is 18.5. The van der Waals surface area contributed by atoms with E-state index in [0.29, 0.717) is 11.1 Å². The highest BCUT2D eigenvalue weighted by Crippen LogP contribution is 2.22. The first-order valence-corrected chi connectivity index (χ1v) is 8.18. The first-order chi connectivity index (χ1) is 11.1. The number of amides is 3. The summed E-state index contributed by atoms with van der Waals surface area (Å²) >= 11 is 0. The smallest absolute Gasteiger partial charge is 0.261 e. The second-order valence-electron chi connectivity index (χ2n) is 6.04. The van der Waals surface area contributed by atoms with Crippen molar-refractivity contribution in [1.29, 1.82) is 0 Å². The van der Waals surface area contributed by atoms with Crippen molar-refractivity contribution in [2.24, 2.45) is 0 Å². The molecule has 1 N–H and O–H groups in total. The number of hydrogen-bond acceptors (Lipinski definition) is 3. The van der Waals surface area contributed by atoms with Crippen molar-refractivity contribution < 1.29 is 19.3 Å². The first-order valence-electron chi connectivity index (χ1n) is 8.18. The number of hydrogen-bond donors (Lipinski definition) is 1. The molecule has 0 aliphatic carbocycles. The summed E-state index contributed by atoms with van der Waals surface area (Å²) in [5.74, 6) is -0.561. The van der Waals surface area contributed by atoms with Gasteiger partial charge in [-0.2, -0.15) is 0 Å². The van der Waals surface area contributed by atoms with Crippen molar-refractivity contribution in [3.8, 4) is 0 Å². The standard InChI is InChI=1S/C17H21N3O3/c1-2-18-9-11-19(12-10-18)15(21)7-8-20-16(22)13-5-3-4-6-14(13)17(20)23/h3-6H,2,7-12H2,1H3/p+1. The summed E-state index contributed by atoms with van der Waals surface area (Å²) in [4.78, 5) is 41.4. The van der Waals surface area contributed by atoms with E-state index in [4.69, 9.17) is 0 Å². The highest BCUT2D eigenvalue weighted by Gasteiger charge is 2.35. The minimum absolute atomic E-state index is 0.0247. The second kappa shape index (κ2) is 6.50. The maximum Gasteiger partial charge on any atom is 0.261 e. The number of benzene rings is 1. The number of fused-ring (bicyclic) bond motifs is 1. The topological polar surface area (TPSA) is 62.1 Å². The van der Waals surface area contributed by atoms with Crippen molar-refractivity contribution >= 4 is 17.7 Å². The van der Waals surface area contributed by atoms with E-state index in [0.717, 1.165) is 32.7 Å². The third-order valence-electron chi connectivity index (χ3n) is 4.75. The van der Waals surface area contributed by atoms with Gasteiger partial charge in [-0.25, -0.2) is 0 Å². The van der Waals surface area contributed by atoms with Crippen LogP contribution in [0.25, 0.3) is 0 Å². The van der Waals surface area contributed by atoms with Gasteiger partial charge in [-0.3, -0.25) is 19.3 Å². The number of rotatable bonds is 4. The molecular weight excluding hydrogens is 294 g/mol. The van der Waals surface area contributed by atoms with E-state index >= 15 is 0 Å². The zero-order valence-electron chi connectivity index (χ0n) is 13.4. The number of nitrogens with one attached hydrogen (secondary N) is 1. The van der Waals surface area contributed by atoms with Crippen molar-refractivity contribution in [2.75, 3.05) is 39.3 Å². The van der Waals surface area contributed by atoms with Gasteiger partial charge < -0.3 is 9.80 Å². The Morgan fingerprint density at radius 1 is 1.09 bits per heavy atom. The molecule has 23 heavy (non-hydrogen) atoms. The van der Waals surface area contributed by atoms with Crippen LogP contribution in [0.5, 0.6) is 0 Å². The quantitative estimate of drug-likeness (QED) is 0.756. The summed E-state index contributed by atoms with van der Waals surface area (Å²) in [6, 6.07) is 6.80. The van der Waals surface area contributed by atoms with Gasteiger partial charge in [0.25, 0.3) is 11.8 Å². The zero-order chi connectivity index (χ0) is 16.4. The number of nitrogens with zero attached hydrogens (tertiary/aromatic N) is 2. The van der Waals surface area contributed by atoms with Gasteiger partial charge in [0, 0.05) is 13.0 Å². The number of imide groups is 1. The van der Waals surface area contributed by atoms with Crippen LogP contribution in [0.4, 0.5) is 0 Å². The molecule has 1 aromatic carbocycles. The SMILES string of the molecule is CC[NH+]1CCN(C(=O)CCN2C(=O)c3ccccc3C2=O)CC1. The van der Waals surface area contributed by atoms with Crippen molar-refractivity contribution in [3.63, 3.8) is 0 Å². The molecule has 1 saturated heterocycles. The van der Waals surface area contributed by atoms with E-state index in [2.05, 4.69) is 6.92 Å². The monoisotopic (exact) mass is 316 g/mol. The summed E-state index contributed by atoms with van der Waals surface area (Å²) in [5, 5.41) is 0. The molecule has 2 heterocycles. The summed E-state index contributed by atoms with van der Waals surface area (Å²) in [6.45, 7) is 6.83. The Balaban J connectivity index is 1.56. The van der Waals surface area contributed by atoms with Crippen LogP contribution in [0, 0.1) is 0 Å². The second-order valence-corrected chi connectivity index (χ2v) is 6.04. The molecule has 2 aliphatic rings. The van der Waals surface area contributed by atoms with E-state index in [1.54, 1.807) is 24.3 Å². The van der Waals surface area contributed by atoms with Gasteiger partial charge in [-0.15, -0.1) is 0 Å². The molecule has 3 amide bonds. The Hall–Kier alpha value is -2.21. The largest absolute Gasteiger partial charge is 0.332 e. The lowest BCUT2D eigenvalue weighted by atomic mass is 10.1. The van der Waals surface area contributed by atoms with Gasteiger partial charge >= 0.3 is 0 Å². The molecule has 3 rings (SSSR count). The van der Waals surface area contributed by atoms with Gasteiger partial charge in [-0.05, 0) is 19.1 Å². The van der Waals surface area contributed by atoms with Gasteiger partial charge in [0.05, 0.1) is 43.9 Å². The number of carbonyl (C=O) groups excluding carboxylic acids is 3. The number of likely N-dealkylation sites (N-methyl/N-ethyl adjacent to an activating group) is 1. The Kier molecular flexibility index (Phi) is 4.43. The van der Waals surface area contributed by atoms with Gasteiger partial charge in [0.2, 0.25) is 5.91 Å². The van der Waals surface area contributed by atoms with Crippen molar-refractivity contribution in [1.82, 2.24) is 9.80 Å². The molecule has 0 bridgehead atoms. The Morgan fingerprint density at radius 3 is 2.17 bits per heavy atom. The molecule has 2 aliphatic heterocycles. The third kappa shape index (κ3) is 2.99. The van der Waals surface area contributed by atoms with Gasteiger partial charge in [0.15, 0.2) is 0 Å². The number of carbonyl (C=O) groups is 3. The highest BCUT2D eigenvalue weighted by atomic mass is 16.2. The van der Waals surface area contributed by atoms with Crippen LogP contribution in [0.1, 0.15) is 34.1 Å². The molecule has 122 valence electrons. The van der Waals surface area contributed by atoms with Crippen LogP contribution in [0.3, 0.4) is 0 Å². The van der Waals surface area contributed by atoms with Crippen LogP contribution in [0.2, 0.25) is 0 Å². The first kappa shape index (κ1) is 15.7. The highest BCUT2D eigenvalue weighted by molar-refractivity contribution is 6.21. The Labute approximate surface area is 135 Å². The molecule has 0 atom stereocenters. The lowest BCUT2D eigenvalue weighted by molar-refractivity contribution is -0.902. The van der Waals surface area contributed by atoms with E-state index in [1.807, 2.05) is 4.90 Å². The van der Waals surface area contributed by atoms with Crippen LogP contribution < -0.4 is 4.90 Å².